The molecule has 1 aromatic heterocycles. The Labute approximate surface area is 103 Å². The van der Waals surface area contributed by atoms with Crippen molar-refractivity contribution < 1.29 is 23.9 Å². The molecule has 0 bridgehead atoms. The molecule has 0 saturated carbocycles. The second kappa shape index (κ2) is 7.10. The van der Waals surface area contributed by atoms with Crippen molar-refractivity contribution in [3.8, 4) is 0 Å². The summed E-state index contributed by atoms with van der Waals surface area (Å²) in [6.45, 7) is 0.255. The van der Waals surface area contributed by atoms with Crippen molar-refractivity contribution >= 4 is 17.9 Å². The second-order valence-electron chi connectivity index (χ2n) is 3.61. The van der Waals surface area contributed by atoms with Crippen molar-refractivity contribution in [1.29, 1.82) is 0 Å². The van der Waals surface area contributed by atoms with Crippen molar-refractivity contribution in [1.82, 2.24) is 10.6 Å². The summed E-state index contributed by atoms with van der Waals surface area (Å²) in [4.78, 5) is 32.7. The number of carboxylic acid groups (broad SMARTS) is 1. The third-order valence-corrected chi connectivity index (χ3v) is 2.08. The maximum Gasteiger partial charge on any atom is 0.321 e. The Kier molecular flexibility index (Phi) is 5.43. The van der Waals surface area contributed by atoms with Crippen LogP contribution in [0.25, 0.3) is 0 Å². The molecule has 0 radical (unpaired) electrons. The first kappa shape index (κ1) is 13.8. The lowest BCUT2D eigenvalue weighted by atomic mass is 10.2. The molecular weight excluding hydrogens is 240 g/mol. The van der Waals surface area contributed by atoms with Crippen LogP contribution in [0.2, 0.25) is 0 Å². The van der Waals surface area contributed by atoms with Crippen LogP contribution in [-0.4, -0.2) is 23.0 Å². The monoisotopic (exact) mass is 254 g/mol. The number of aliphatic carboxylic acids is 1. The molecule has 0 aliphatic rings. The van der Waals surface area contributed by atoms with E-state index < -0.39 is 17.9 Å². The van der Waals surface area contributed by atoms with E-state index in [4.69, 9.17) is 9.52 Å². The van der Waals surface area contributed by atoms with E-state index in [9.17, 15) is 14.4 Å². The average molecular weight is 254 g/mol. The van der Waals surface area contributed by atoms with Crippen LogP contribution in [0.1, 0.15) is 24.8 Å². The molecule has 3 amide bonds. The molecule has 7 heteroatoms. The minimum absolute atomic E-state index is 0.00539. The fourth-order valence-electron chi connectivity index (χ4n) is 1.21. The average Bonchev–Trinajstić information content (AvgIpc) is 2.78. The van der Waals surface area contributed by atoms with Gasteiger partial charge in [0.15, 0.2) is 0 Å². The fraction of sp³-hybridized carbons (Fsp3) is 0.364. The third-order valence-electron chi connectivity index (χ3n) is 2.08. The molecule has 18 heavy (non-hydrogen) atoms. The standard InChI is InChI=1S/C11H14N2O5/c14-9(2-1-3-10(15)16)13-11(17)12-6-8-4-5-18-7-8/h4-5,7H,1-3,6H2,(H,15,16)(H2,12,13,14,17). The van der Waals surface area contributed by atoms with Gasteiger partial charge in [-0.1, -0.05) is 0 Å². The second-order valence-corrected chi connectivity index (χ2v) is 3.61. The van der Waals surface area contributed by atoms with Crippen LogP contribution in [0.3, 0.4) is 0 Å². The lowest BCUT2D eigenvalue weighted by Crippen LogP contribution is -2.38. The fourth-order valence-corrected chi connectivity index (χ4v) is 1.21. The Morgan fingerprint density at radius 2 is 2.06 bits per heavy atom. The quantitative estimate of drug-likeness (QED) is 0.697. The zero-order chi connectivity index (χ0) is 13.4. The highest BCUT2D eigenvalue weighted by molar-refractivity contribution is 5.94. The summed E-state index contributed by atoms with van der Waals surface area (Å²) in [5.74, 6) is -1.46. The molecule has 0 spiro atoms. The van der Waals surface area contributed by atoms with Gasteiger partial charge in [0.25, 0.3) is 0 Å². The highest BCUT2D eigenvalue weighted by Gasteiger charge is 2.08. The first-order chi connectivity index (χ1) is 8.58. The number of carbonyl (C=O) groups is 3. The van der Waals surface area contributed by atoms with E-state index in [0.717, 1.165) is 5.56 Å². The number of urea groups is 1. The zero-order valence-corrected chi connectivity index (χ0v) is 9.64. The summed E-state index contributed by atoms with van der Waals surface area (Å²) < 4.78 is 4.81. The molecule has 7 nitrogen and oxygen atoms in total. The minimum atomic E-state index is -0.966. The Balaban J connectivity index is 2.15. The van der Waals surface area contributed by atoms with E-state index in [1.165, 1.54) is 12.5 Å². The van der Waals surface area contributed by atoms with Crippen LogP contribution >= 0.6 is 0 Å². The summed E-state index contributed by atoms with van der Waals surface area (Å²) in [5.41, 5.74) is 0.781. The van der Waals surface area contributed by atoms with Gasteiger partial charge in [-0.2, -0.15) is 0 Å². The largest absolute Gasteiger partial charge is 0.481 e. The summed E-state index contributed by atoms with van der Waals surface area (Å²) in [7, 11) is 0. The first-order valence-corrected chi connectivity index (χ1v) is 5.38. The first-order valence-electron chi connectivity index (χ1n) is 5.38. The number of nitrogens with one attached hydrogen (secondary N) is 2. The molecule has 0 atom stereocenters. The predicted molar refractivity (Wildman–Crippen MR) is 60.6 cm³/mol. The molecule has 1 aromatic rings. The maximum atomic E-state index is 11.3. The molecule has 0 aliphatic heterocycles. The Hall–Kier alpha value is -2.31. The van der Waals surface area contributed by atoms with E-state index in [1.54, 1.807) is 6.07 Å². The van der Waals surface area contributed by atoms with Gasteiger partial charge in [0, 0.05) is 24.9 Å². The van der Waals surface area contributed by atoms with E-state index in [1.807, 2.05) is 0 Å². The number of carboxylic acids is 1. The van der Waals surface area contributed by atoms with Crippen molar-refractivity contribution in [3.63, 3.8) is 0 Å². The van der Waals surface area contributed by atoms with Crippen LogP contribution in [0.15, 0.2) is 23.0 Å². The van der Waals surface area contributed by atoms with E-state index >= 15 is 0 Å². The van der Waals surface area contributed by atoms with Gasteiger partial charge in [0.05, 0.1) is 12.5 Å². The molecular formula is C11H14N2O5. The van der Waals surface area contributed by atoms with Gasteiger partial charge in [0.1, 0.15) is 0 Å². The number of rotatable bonds is 6. The molecule has 98 valence electrons. The van der Waals surface area contributed by atoms with Crippen LogP contribution in [0.5, 0.6) is 0 Å². The number of furan rings is 1. The molecule has 0 aromatic carbocycles. The number of imide groups is 1. The summed E-state index contributed by atoms with van der Waals surface area (Å²) in [5, 5.41) is 12.9. The topological polar surface area (TPSA) is 109 Å². The van der Waals surface area contributed by atoms with Gasteiger partial charge in [-0.15, -0.1) is 0 Å². The molecule has 0 fully saturated rings. The molecule has 0 unspecified atom stereocenters. The lowest BCUT2D eigenvalue weighted by molar-refractivity contribution is -0.137. The van der Waals surface area contributed by atoms with Gasteiger partial charge >= 0.3 is 12.0 Å². The summed E-state index contributed by atoms with van der Waals surface area (Å²) >= 11 is 0. The van der Waals surface area contributed by atoms with Gasteiger partial charge in [0.2, 0.25) is 5.91 Å². The minimum Gasteiger partial charge on any atom is -0.481 e. The number of hydrogen-bond donors (Lipinski definition) is 3. The molecule has 0 saturated heterocycles. The lowest BCUT2D eigenvalue weighted by Gasteiger charge is -2.04. The van der Waals surface area contributed by atoms with E-state index in [0.29, 0.717) is 0 Å². The van der Waals surface area contributed by atoms with Crippen LogP contribution in [0.4, 0.5) is 4.79 Å². The Morgan fingerprint density at radius 1 is 1.28 bits per heavy atom. The highest BCUT2D eigenvalue weighted by Crippen LogP contribution is 1.98. The third kappa shape index (κ3) is 5.69. The molecule has 3 N–H and O–H groups in total. The molecule has 1 heterocycles. The normalized spacial score (nSPS) is 9.78. The molecule has 0 aliphatic carbocycles. The zero-order valence-electron chi connectivity index (χ0n) is 9.64. The van der Waals surface area contributed by atoms with Gasteiger partial charge < -0.3 is 14.8 Å². The van der Waals surface area contributed by atoms with Crippen molar-refractivity contribution in [2.75, 3.05) is 0 Å². The SMILES string of the molecule is O=C(O)CCCC(=O)NC(=O)NCc1ccoc1. The maximum absolute atomic E-state index is 11.3. The van der Waals surface area contributed by atoms with Gasteiger partial charge in [-0.25, -0.2) is 4.79 Å². The Morgan fingerprint density at radius 3 is 2.67 bits per heavy atom. The highest BCUT2D eigenvalue weighted by atomic mass is 16.4. The number of amides is 3. The van der Waals surface area contributed by atoms with Crippen LogP contribution < -0.4 is 10.6 Å². The Bertz CT molecular complexity index is 413. The van der Waals surface area contributed by atoms with E-state index in [-0.39, 0.29) is 25.8 Å². The number of hydrogen-bond acceptors (Lipinski definition) is 4. The predicted octanol–water partition coefficient (Wildman–Crippen LogP) is 0.860. The molecule has 1 rings (SSSR count). The van der Waals surface area contributed by atoms with Gasteiger partial charge in [-0.3, -0.25) is 14.9 Å². The van der Waals surface area contributed by atoms with Crippen molar-refractivity contribution in [2.24, 2.45) is 0 Å². The van der Waals surface area contributed by atoms with E-state index in [2.05, 4.69) is 10.6 Å². The van der Waals surface area contributed by atoms with Gasteiger partial charge in [-0.05, 0) is 12.5 Å². The van der Waals surface area contributed by atoms with Crippen LogP contribution in [0, 0.1) is 0 Å². The van der Waals surface area contributed by atoms with Crippen molar-refractivity contribution in [3.05, 3.63) is 24.2 Å². The smallest absolute Gasteiger partial charge is 0.321 e. The van der Waals surface area contributed by atoms with Crippen LogP contribution in [-0.2, 0) is 16.1 Å². The summed E-state index contributed by atoms with van der Waals surface area (Å²) in [6.07, 6.45) is 3.08. The summed E-state index contributed by atoms with van der Waals surface area (Å²) in [6, 6.07) is 1.08. The van der Waals surface area contributed by atoms with Crippen molar-refractivity contribution in [2.45, 2.75) is 25.8 Å². The number of carbonyl (C=O) groups excluding carboxylic acids is 2.